The van der Waals surface area contributed by atoms with Crippen LogP contribution in [0.1, 0.15) is 13.8 Å². The van der Waals surface area contributed by atoms with E-state index in [0.717, 1.165) is 0 Å². The molecule has 0 fully saturated rings. The van der Waals surface area contributed by atoms with Crippen molar-refractivity contribution in [1.82, 2.24) is 0 Å². The zero-order chi connectivity index (χ0) is 9.02. The summed E-state index contributed by atoms with van der Waals surface area (Å²) in [6.07, 6.45) is 0. The van der Waals surface area contributed by atoms with Crippen LogP contribution in [-0.4, -0.2) is 20.4 Å². The zero-order valence-corrected chi connectivity index (χ0v) is 8.35. The maximum absolute atomic E-state index is 10.5. The third-order valence-corrected chi connectivity index (χ3v) is 1.52. The summed E-state index contributed by atoms with van der Waals surface area (Å²) in [5.74, 6) is -0.908. The van der Waals surface area contributed by atoms with E-state index in [-0.39, 0.29) is 18.3 Å². The maximum atomic E-state index is 10.5. The number of nitrogens with two attached hydrogens (primary N) is 1. The van der Waals surface area contributed by atoms with E-state index >= 15 is 0 Å². The predicted molar refractivity (Wildman–Crippen MR) is 46.4 cm³/mol. The van der Waals surface area contributed by atoms with Gasteiger partial charge in [0.05, 0.1) is 0 Å². The van der Waals surface area contributed by atoms with Crippen molar-refractivity contribution in [3.05, 3.63) is 0 Å². The molecule has 0 aromatic carbocycles. The minimum absolute atomic E-state index is 0. The molecule has 72 valence electrons. The number of hydrogen-bond acceptors (Lipinski definition) is 4. The first-order valence-electron chi connectivity index (χ1n) is 3.04. The molecule has 0 saturated carbocycles. The molecule has 0 saturated heterocycles. The molecule has 0 unspecified atom stereocenters. The maximum Gasteiger partial charge on any atom is 0.311 e. The first kappa shape index (κ1) is 13.9. The first-order valence-corrected chi connectivity index (χ1v) is 4.08. The van der Waals surface area contributed by atoms with Crippen LogP contribution in [0.2, 0.25) is 0 Å². The molecular formula is C5H11ClN2O3S. The van der Waals surface area contributed by atoms with Crippen LogP contribution in [0, 0.1) is 5.92 Å². The average Bonchev–Trinajstić information content (AvgIpc) is 1.81. The quantitative estimate of drug-likeness (QED) is 0.716. The molecule has 0 aliphatic heterocycles. The molecule has 7 heteroatoms. The minimum Gasteiger partial charge on any atom is -0.368 e. The molecule has 1 atom stereocenters. The third-order valence-electron chi connectivity index (χ3n) is 1.12. The van der Waals surface area contributed by atoms with Crippen LogP contribution >= 0.6 is 12.4 Å². The van der Waals surface area contributed by atoms with Crippen LogP contribution in [0.5, 0.6) is 0 Å². The SMILES string of the molecule is CC(C)[C@H](N=S(=O)=O)C(N)=O.Cl. The van der Waals surface area contributed by atoms with Gasteiger partial charge in [-0.25, -0.2) is 0 Å². The first-order chi connectivity index (χ1) is 4.95. The molecule has 0 aromatic rings. The van der Waals surface area contributed by atoms with Gasteiger partial charge in [-0.2, -0.15) is 12.8 Å². The van der Waals surface area contributed by atoms with Crippen molar-refractivity contribution in [1.29, 1.82) is 0 Å². The number of nitrogens with zero attached hydrogens (tertiary/aromatic N) is 1. The highest BCUT2D eigenvalue weighted by Gasteiger charge is 2.18. The molecule has 12 heavy (non-hydrogen) atoms. The Morgan fingerprint density at radius 2 is 1.83 bits per heavy atom. The standard InChI is InChI=1S/C5H10N2O3S.ClH/c1-3(2)4(5(6)8)7-11(9)10;/h3-4H,1-2H3,(H2,6,8);1H/t4-;/m0./s1. The van der Waals surface area contributed by atoms with E-state index in [1.807, 2.05) is 0 Å². The number of carbonyl (C=O) groups is 1. The summed E-state index contributed by atoms with van der Waals surface area (Å²) in [5.41, 5.74) is 4.88. The molecule has 1 amide bonds. The van der Waals surface area contributed by atoms with Crippen LogP contribution in [0.4, 0.5) is 0 Å². The Morgan fingerprint density at radius 1 is 1.42 bits per heavy atom. The van der Waals surface area contributed by atoms with Gasteiger partial charge in [0.25, 0.3) is 0 Å². The summed E-state index contributed by atoms with van der Waals surface area (Å²) in [7, 11) is -2.56. The summed E-state index contributed by atoms with van der Waals surface area (Å²) in [6, 6.07) is -0.937. The number of rotatable bonds is 3. The Hall–Kier alpha value is -0.620. The number of amides is 1. The van der Waals surface area contributed by atoms with Crippen molar-refractivity contribution < 1.29 is 13.2 Å². The lowest BCUT2D eigenvalue weighted by molar-refractivity contribution is -0.119. The topological polar surface area (TPSA) is 89.6 Å². The molecule has 0 aliphatic carbocycles. The Morgan fingerprint density at radius 3 is 1.92 bits per heavy atom. The van der Waals surface area contributed by atoms with Gasteiger partial charge in [0.1, 0.15) is 6.04 Å². The van der Waals surface area contributed by atoms with E-state index in [1.54, 1.807) is 13.8 Å². The van der Waals surface area contributed by atoms with E-state index < -0.39 is 22.4 Å². The average molecular weight is 215 g/mol. The third kappa shape index (κ3) is 5.09. The second-order valence-corrected chi connectivity index (χ2v) is 3.06. The van der Waals surface area contributed by atoms with E-state index in [4.69, 9.17) is 5.73 Å². The molecule has 0 radical (unpaired) electrons. The van der Waals surface area contributed by atoms with Gasteiger partial charge in [0.15, 0.2) is 0 Å². The number of halogens is 1. The van der Waals surface area contributed by atoms with Gasteiger partial charge in [-0.15, -0.1) is 12.4 Å². The fourth-order valence-electron chi connectivity index (χ4n) is 0.595. The van der Waals surface area contributed by atoms with Gasteiger partial charge in [-0.05, 0) is 5.92 Å². The molecule has 5 nitrogen and oxygen atoms in total. The summed E-state index contributed by atoms with van der Waals surface area (Å²) >= 11 is 0. The molecule has 0 heterocycles. The largest absolute Gasteiger partial charge is 0.368 e. The van der Waals surface area contributed by atoms with E-state index in [2.05, 4.69) is 4.36 Å². The molecule has 0 aliphatic rings. The highest BCUT2D eigenvalue weighted by atomic mass is 35.5. The van der Waals surface area contributed by atoms with Gasteiger partial charge in [0, 0.05) is 0 Å². The van der Waals surface area contributed by atoms with Crippen LogP contribution in [0.25, 0.3) is 0 Å². The zero-order valence-electron chi connectivity index (χ0n) is 6.72. The number of hydrogen-bond donors (Lipinski definition) is 1. The predicted octanol–water partition coefficient (Wildman–Crippen LogP) is -0.0192. The van der Waals surface area contributed by atoms with Gasteiger partial charge in [0.2, 0.25) is 5.91 Å². The number of primary amides is 1. The molecule has 0 aromatic heterocycles. The van der Waals surface area contributed by atoms with Crippen molar-refractivity contribution in [2.45, 2.75) is 19.9 Å². The van der Waals surface area contributed by atoms with Gasteiger partial charge in [-0.1, -0.05) is 13.8 Å². The summed E-state index contributed by atoms with van der Waals surface area (Å²) < 4.78 is 23.2. The fourth-order valence-corrected chi connectivity index (χ4v) is 1.13. The van der Waals surface area contributed by atoms with Crippen LogP contribution in [-0.2, 0) is 15.3 Å². The molecule has 0 rings (SSSR count). The monoisotopic (exact) mass is 214 g/mol. The second-order valence-electron chi connectivity index (χ2n) is 2.41. The van der Waals surface area contributed by atoms with Crippen molar-refractivity contribution in [3.63, 3.8) is 0 Å². The molecular weight excluding hydrogens is 204 g/mol. The molecule has 2 N–H and O–H groups in total. The van der Waals surface area contributed by atoms with Crippen molar-refractivity contribution in [2.75, 3.05) is 0 Å². The van der Waals surface area contributed by atoms with Gasteiger partial charge in [-0.3, -0.25) is 4.79 Å². The highest BCUT2D eigenvalue weighted by molar-refractivity contribution is 7.61. The summed E-state index contributed by atoms with van der Waals surface area (Å²) in [6.45, 7) is 3.34. The van der Waals surface area contributed by atoms with Crippen molar-refractivity contribution in [3.8, 4) is 0 Å². The lowest BCUT2D eigenvalue weighted by Gasteiger charge is -2.08. The van der Waals surface area contributed by atoms with Crippen LogP contribution in [0.15, 0.2) is 4.36 Å². The van der Waals surface area contributed by atoms with Crippen LogP contribution < -0.4 is 5.73 Å². The van der Waals surface area contributed by atoms with E-state index in [0.29, 0.717) is 0 Å². The van der Waals surface area contributed by atoms with Crippen molar-refractivity contribution >= 4 is 28.8 Å². The molecule has 0 spiro atoms. The van der Waals surface area contributed by atoms with Gasteiger partial charge < -0.3 is 5.73 Å². The van der Waals surface area contributed by atoms with Crippen LogP contribution in [0.3, 0.4) is 0 Å². The Bertz CT molecular complexity index is 264. The lowest BCUT2D eigenvalue weighted by atomic mass is 10.1. The second kappa shape index (κ2) is 5.96. The van der Waals surface area contributed by atoms with Crippen molar-refractivity contribution in [2.24, 2.45) is 16.0 Å². The smallest absolute Gasteiger partial charge is 0.311 e. The van der Waals surface area contributed by atoms with E-state index in [9.17, 15) is 13.2 Å². The highest BCUT2D eigenvalue weighted by Crippen LogP contribution is 2.04. The summed E-state index contributed by atoms with van der Waals surface area (Å²) in [4.78, 5) is 10.5. The molecule has 0 bridgehead atoms. The Balaban J connectivity index is 0. The fraction of sp³-hybridized carbons (Fsp3) is 0.800. The minimum atomic E-state index is -2.56. The van der Waals surface area contributed by atoms with Gasteiger partial charge >= 0.3 is 10.5 Å². The number of carbonyl (C=O) groups excluding carboxylic acids is 1. The Kier molecular flexibility index (Phi) is 6.92. The normalized spacial score (nSPS) is 11.6. The Labute approximate surface area is 78.4 Å². The van der Waals surface area contributed by atoms with E-state index in [1.165, 1.54) is 0 Å². The lowest BCUT2D eigenvalue weighted by Crippen LogP contribution is -2.31. The summed E-state index contributed by atoms with van der Waals surface area (Å²) in [5, 5.41) is 0.